The van der Waals surface area contributed by atoms with Crippen LogP contribution in [0.5, 0.6) is 5.75 Å². The minimum atomic E-state index is -0.533. The van der Waals surface area contributed by atoms with Gasteiger partial charge in [0.15, 0.2) is 0 Å². The first-order valence-corrected chi connectivity index (χ1v) is 11.4. The summed E-state index contributed by atoms with van der Waals surface area (Å²) in [4.78, 5) is 28.6. The summed E-state index contributed by atoms with van der Waals surface area (Å²) in [6.07, 6.45) is 1.33. The van der Waals surface area contributed by atoms with Gasteiger partial charge in [-0.15, -0.1) is 0 Å². The van der Waals surface area contributed by atoms with Crippen molar-refractivity contribution in [3.8, 4) is 5.75 Å². The lowest BCUT2D eigenvalue weighted by Crippen LogP contribution is -2.23. The second-order valence-corrected chi connectivity index (χ2v) is 8.96. The topological polar surface area (TPSA) is 99.6 Å². The monoisotopic (exact) mass is 538 g/mol. The van der Waals surface area contributed by atoms with E-state index in [1.807, 2.05) is 13.8 Å². The van der Waals surface area contributed by atoms with Crippen molar-refractivity contribution in [2.75, 3.05) is 0 Å². The molecule has 0 aliphatic rings. The zero-order valence-electron chi connectivity index (χ0n) is 18.8. The molecule has 1 aromatic heterocycles. The average Bonchev–Trinajstić information content (AvgIpc) is 2.82. The number of nitro benzene ring substituents is 1. The van der Waals surface area contributed by atoms with E-state index in [0.717, 1.165) is 4.47 Å². The van der Waals surface area contributed by atoms with Crippen LogP contribution in [0.4, 0.5) is 10.1 Å². The minimum absolute atomic E-state index is 0.0408. The first-order valence-electron chi connectivity index (χ1n) is 10.6. The lowest BCUT2D eigenvalue weighted by molar-refractivity contribution is -0.384. The van der Waals surface area contributed by atoms with Crippen molar-refractivity contribution >= 4 is 38.7 Å². The van der Waals surface area contributed by atoms with Crippen molar-refractivity contribution in [3.05, 3.63) is 108 Å². The number of nitro groups is 1. The molecular formula is C25H20BrFN4O4. The third-order valence-corrected chi connectivity index (χ3v) is 5.64. The maximum absolute atomic E-state index is 13.5. The highest BCUT2D eigenvalue weighted by atomic mass is 79.9. The number of rotatable bonds is 7. The molecule has 4 aromatic rings. The molecule has 10 heteroatoms. The zero-order valence-corrected chi connectivity index (χ0v) is 20.4. The smallest absolute Gasteiger partial charge is 0.282 e. The molecule has 0 spiro atoms. The fraction of sp³-hybridized carbons (Fsp3) is 0.160. The van der Waals surface area contributed by atoms with Gasteiger partial charge in [0.1, 0.15) is 24.0 Å². The van der Waals surface area contributed by atoms with E-state index in [2.05, 4.69) is 26.0 Å². The number of benzene rings is 3. The maximum atomic E-state index is 13.5. The Morgan fingerprint density at radius 1 is 1.20 bits per heavy atom. The zero-order chi connectivity index (χ0) is 25.1. The summed E-state index contributed by atoms with van der Waals surface area (Å²) in [6.45, 7) is 3.82. The molecule has 0 fully saturated rings. The fourth-order valence-electron chi connectivity index (χ4n) is 3.44. The summed E-state index contributed by atoms with van der Waals surface area (Å²) in [5.41, 5.74) is 0.883. The summed E-state index contributed by atoms with van der Waals surface area (Å²) < 4.78 is 21.2. The van der Waals surface area contributed by atoms with Gasteiger partial charge in [0.2, 0.25) is 0 Å². The summed E-state index contributed by atoms with van der Waals surface area (Å²) in [5.74, 6) is 0.210. The first kappa shape index (κ1) is 24.2. The molecule has 0 aliphatic heterocycles. The number of non-ortho nitro benzene ring substituents is 1. The van der Waals surface area contributed by atoms with Gasteiger partial charge in [0.05, 0.1) is 22.0 Å². The van der Waals surface area contributed by atoms with Crippen LogP contribution in [-0.2, 0) is 6.61 Å². The Kier molecular flexibility index (Phi) is 7.02. The molecule has 0 saturated heterocycles. The fourth-order valence-corrected chi connectivity index (χ4v) is 3.80. The van der Waals surface area contributed by atoms with E-state index in [1.165, 1.54) is 41.2 Å². The molecule has 35 heavy (non-hydrogen) atoms. The van der Waals surface area contributed by atoms with Gasteiger partial charge >= 0.3 is 0 Å². The van der Waals surface area contributed by atoms with Gasteiger partial charge in [-0.2, -0.15) is 9.78 Å². The van der Waals surface area contributed by atoms with Crippen molar-refractivity contribution < 1.29 is 14.1 Å². The molecule has 4 rings (SSSR count). The second-order valence-electron chi connectivity index (χ2n) is 8.05. The highest BCUT2D eigenvalue weighted by Crippen LogP contribution is 2.25. The average molecular weight is 539 g/mol. The normalized spacial score (nSPS) is 11.5. The van der Waals surface area contributed by atoms with E-state index in [9.17, 15) is 19.3 Å². The SMILES string of the molecule is CC(C)c1nc2ccc(Br)cc2c(=O)n1N=Cc1cc([N+](=O)[O-])ccc1OCc1cccc(F)c1. The van der Waals surface area contributed by atoms with Crippen LogP contribution in [0.25, 0.3) is 10.9 Å². The van der Waals surface area contributed by atoms with Crippen LogP contribution in [0.1, 0.15) is 36.7 Å². The lowest BCUT2D eigenvalue weighted by Gasteiger charge is -2.12. The van der Waals surface area contributed by atoms with Crippen LogP contribution >= 0.6 is 15.9 Å². The molecule has 0 unspecified atom stereocenters. The van der Waals surface area contributed by atoms with E-state index < -0.39 is 10.7 Å². The standard InChI is InChI=1S/C25H20BrFN4O4/c1-15(2)24-29-22-8-6-18(26)12-21(22)25(32)30(24)28-13-17-11-20(31(33)34)7-9-23(17)35-14-16-4-3-5-19(27)10-16/h3-13,15H,14H2,1-2H3. The van der Waals surface area contributed by atoms with E-state index in [-0.39, 0.29) is 29.3 Å². The van der Waals surface area contributed by atoms with Crippen molar-refractivity contribution in [2.45, 2.75) is 26.4 Å². The number of ether oxygens (including phenoxy) is 1. The summed E-state index contributed by atoms with van der Waals surface area (Å²) in [7, 11) is 0. The molecule has 1 heterocycles. The van der Waals surface area contributed by atoms with Crippen molar-refractivity contribution in [2.24, 2.45) is 5.10 Å². The molecular weight excluding hydrogens is 519 g/mol. The Hall–Kier alpha value is -3.92. The van der Waals surface area contributed by atoms with Gasteiger partial charge in [-0.3, -0.25) is 14.9 Å². The maximum Gasteiger partial charge on any atom is 0.282 e. The Morgan fingerprint density at radius 3 is 2.71 bits per heavy atom. The van der Waals surface area contributed by atoms with Crippen LogP contribution < -0.4 is 10.3 Å². The Bertz CT molecular complexity index is 1520. The molecule has 178 valence electrons. The molecule has 0 radical (unpaired) electrons. The number of halogens is 2. The van der Waals surface area contributed by atoms with E-state index >= 15 is 0 Å². The van der Waals surface area contributed by atoms with Crippen LogP contribution in [0.15, 0.2) is 75.0 Å². The summed E-state index contributed by atoms with van der Waals surface area (Å²) in [6, 6.07) is 15.2. The molecule has 0 amide bonds. The number of aromatic nitrogens is 2. The number of nitrogens with zero attached hydrogens (tertiary/aromatic N) is 4. The summed E-state index contributed by atoms with van der Waals surface area (Å²) in [5, 5.41) is 16.1. The van der Waals surface area contributed by atoms with Gasteiger partial charge in [-0.25, -0.2) is 9.37 Å². The molecule has 3 aromatic carbocycles. The van der Waals surface area contributed by atoms with Gasteiger partial charge in [-0.1, -0.05) is 41.9 Å². The highest BCUT2D eigenvalue weighted by Gasteiger charge is 2.15. The Labute approximate surface area is 208 Å². The molecule has 8 nitrogen and oxygen atoms in total. The van der Waals surface area contributed by atoms with Gasteiger partial charge in [-0.05, 0) is 42.0 Å². The molecule has 0 bridgehead atoms. The predicted octanol–water partition coefficient (Wildman–Crippen LogP) is 5.79. The molecule has 0 saturated carbocycles. The lowest BCUT2D eigenvalue weighted by atomic mass is 10.1. The van der Waals surface area contributed by atoms with Crippen LogP contribution in [0, 0.1) is 15.9 Å². The second kappa shape index (κ2) is 10.1. The largest absolute Gasteiger partial charge is 0.488 e. The Balaban J connectivity index is 1.77. The summed E-state index contributed by atoms with van der Waals surface area (Å²) >= 11 is 3.37. The van der Waals surface area contributed by atoms with Gasteiger partial charge in [0.25, 0.3) is 11.2 Å². The van der Waals surface area contributed by atoms with Crippen molar-refractivity contribution in [1.82, 2.24) is 9.66 Å². The number of hydrogen-bond acceptors (Lipinski definition) is 6. The number of fused-ring (bicyclic) bond motifs is 1. The van der Waals surface area contributed by atoms with E-state index in [4.69, 9.17) is 4.74 Å². The highest BCUT2D eigenvalue weighted by molar-refractivity contribution is 9.10. The third kappa shape index (κ3) is 5.43. The molecule has 0 aliphatic carbocycles. The first-order chi connectivity index (χ1) is 16.7. The van der Waals surface area contributed by atoms with Crippen LogP contribution in [0.3, 0.4) is 0 Å². The van der Waals surface area contributed by atoms with E-state index in [1.54, 1.807) is 30.3 Å². The number of hydrogen-bond donors (Lipinski definition) is 0. The van der Waals surface area contributed by atoms with Crippen LogP contribution in [0.2, 0.25) is 0 Å². The van der Waals surface area contributed by atoms with Crippen LogP contribution in [-0.4, -0.2) is 20.8 Å². The van der Waals surface area contributed by atoms with Gasteiger partial charge in [0, 0.05) is 28.1 Å². The molecule has 0 atom stereocenters. The molecule has 0 N–H and O–H groups in total. The minimum Gasteiger partial charge on any atom is -0.488 e. The predicted molar refractivity (Wildman–Crippen MR) is 135 cm³/mol. The third-order valence-electron chi connectivity index (χ3n) is 5.15. The van der Waals surface area contributed by atoms with E-state index in [0.29, 0.717) is 28.0 Å². The Morgan fingerprint density at radius 2 is 2.00 bits per heavy atom. The van der Waals surface area contributed by atoms with Crippen molar-refractivity contribution in [3.63, 3.8) is 0 Å². The van der Waals surface area contributed by atoms with Crippen molar-refractivity contribution in [1.29, 1.82) is 0 Å². The quantitative estimate of drug-likeness (QED) is 0.168. The van der Waals surface area contributed by atoms with Gasteiger partial charge < -0.3 is 4.74 Å².